The fourth-order valence-electron chi connectivity index (χ4n) is 3.89. The first kappa shape index (κ1) is 13.6. The molecular formula is C19H16BrCl. The molecule has 2 bridgehead atoms. The fourth-order valence-corrected chi connectivity index (χ4v) is 5.30. The van der Waals surface area contributed by atoms with E-state index in [1.54, 1.807) is 5.57 Å². The summed E-state index contributed by atoms with van der Waals surface area (Å²) >= 11 is 10.4. The van der Waals surface area contributed by atoms with Crippen LogP contribution in [0.2, 0.25) is 0 Å². The highest BCUT2D eigenvalue weighted by Gasteiger charge is 2.61. The number of rotatable bonds is 2. The van der Waals surface area contributed by atoms with Crippen LogP contribution in [0.4, 0.5) is 0 Å². The Bertz CT molecular complexity index is 631. The lowest BCUT2D eigenvalue weighted by Crippen LogP contribution is -2.42. The number of alkyl halides is 2. The maximum absolute atomic E-state index is 6.66. The SMILES string of the molecule is ClC1(Br)C2CCC1C2=C(c1ccccc1)c1ccccc1. The highest BCUT2D eigenvalue weighted by atomic mass is 79.9. The molecule has 0 nitrogen and oxygen atoms in total. The third-order valence-corrected chi connectivity index (χ3v) is 6.47. The van der Waals surface area contributed by atoms with E-state index in [-0.39, 0.29) is 3.78 Å². The predicted molar refractivity (Wildman–Crippen MR) is 92.6 cm³/mol. The summed E-state index contributed by atoms with van der Waals surface area (Å²) in [4.78, 5) is 0. The van der Waals surface area contributed by atoms with E-state index in [0.29, 0.717) is 11.8 Å². The van der Waals surface area contributed by atoms with Gasteiger partial charge in [0.2, 0.25) is 0 Å². The maximum atomic E-state index is 6.66. The average molecular weight is 360 g/mol. The predicted octanol–water partition coefficient (Wildman–Crippen LogP) is 5.86. The summed E-state index contributed by atoms with van der Waals surface area (Å²) in [5.74, 6) is 0.916. The van der Waals surface area contributed by atoms with E-state index in [1.807, 2.05) is 0 Å². The lowest BCUT2D eigenvalue weighted by molar-refractivity contribution is 0.427. The lowest BCUT2D eigenvalue weighted by atomic mass is 9.72. The van der Waals surface area contributed by atoms with Crippen molar-refractivity contribution in [1.29, 1.82) is 0 Å². The summed E-state index contributed by atoms with van der Waals surface area (Å²) in [5.41, 5.74) is 5.53. The smallest absolute Gasteiger partial charge is 0.105 e. The van der Waals surface area contributed by atoms with Gasteiger partial charge in [-0.15, -0.1) is 11.6 Å². The van der Waals surface area contributed by atoms with E-state index >= 15 is 0 Å². The zero-order chi connectivity index (χ0) is 14.4. The van der Waals surface area contributed by atoms with Crippen LogP contribution in [0, 0.1) is 11.8 Å². The maximum Gasteiger partial charge on any atom is 0.112 e. The second-order valence-corrected chi connectivity index (χ2v) is 8.31. The second-order valence-electron chi connectivity index (χ2n) is 5.92. The summed E-state index contributed by atoms with van der Waals surface area (Å²) in [6.07, 6.45) is 2.38. The van der Waals surface area contributed by atoms with Gasteiger partial charge in [0.1, 0.15) is 3.78 Å². The molecule has 0 saturated heterocycles. The molecule has 5 rings (SSSR count). The van der Waals surface area contributed by atoms with Gasteiger partial charge in [-0.3, -0.25) is 0 Å². The van der Waals surface area contributed by atoms with Crippen LogP contribution < -0.4 is 0 Å². The highest BCUT2D eigenvalue weighted by Crippen LogP contribution is 2.68. The van der Waals surface area contributed by atoms with E-state index in [2.05, 4.69) is 76.6 Å². The normalized spacial score (nSPS) is 30.1. The molecular weight excluding hydrogens is 344 g/mol. The third-order valence-electron chi connectivity index (χ3n) is 4.84. The fraction of sp³-hybridized carbons (Fsp3) is 0.263. The average Bonchev–Trinajstić information content (AvgIpc) is 3.09. The van der Waals surface area contributed by atoms with Gasteiger partial charge in [0.15, 0.2) is 0 Å². The minimum atomic E-state index is -0.211. The van der Waals surface area contributed by atoms with Crippen molar-refractivity contribution < 1.29 is 0 Å². The molecule has 2 heteroatoms. The molecule has 0 spiro atoms. The minimum Gasteiger partial charge on any atom is -0.105 e. The molecule has 3 aliphatic carbocycles. The summed E-state index contributed by atoms with van der Waals surface area (Å²) in [5, 5.41) is 0. The Labute approximate surface area is 139 Å². The lowest BCUT2D eigenvalue weighted by Gasteiger charge is -2.44. The van der Waals surface area contributed by atoms with E-state index in [9.17, 15) is 0 Å². The first-order chi connectivity index (χ1) is 10.2. The molecule has 0 radical (unpaired) electrons. The van der Waals surface area contributed by atoms with Crippen molar-refractivity contribution in [3.8, 4) is 0 Å². The Balaban J connectivity index is 1.91. The van der Waals surface area contributed by atoms with Gasteiger partial charge in [-0.1, -0.05) is 82.2 Å². The van der Waals surface area contributed by atoms with Gasteiger partial charge in [-0.2, -0.15) is 0 Å². The zero-order valence-electron chi connectivity index (χ0n) is 11.6. The Kier molecular flexibility index (Phi) is 3.24. The molecule has 106 valence electrons. The molecule has 0 N–H and O–H groups in total. The third kappa shape index (κ3) is 2.02. The quantitative estimate of drug-likeness (QED) is 0.589. The number of allylic oxidation sites excluding steroid dienone is 1. The van der Waals surface area contributed by atoms with Gasteiger partial charge in [0.05, 0.1) is 0 Å². The van der Waals surface area contributed by atoms with Gasteiger partial charge >= 0.3 is 0 Å². The van der Waals surface area contributed by atoms with Crippen LogP contribution in [0.1, 0.15) is 24.0 Å². The van der Waals surface area contributed by atoms with Crippen molar-refractivity contribution in [1.82, 2.24) is 0 Å². The highest BCUT2D eigenvalue weighted by molar-refractivity contribution is 9.10. The van der Waals surface area contributed by atoms with Crippen LogP contribution in [-0.2, 0) is 0 Å². The Hall–Kier alpha value is -1.05. The molecule has 21 heavy (non-hydrogen) atoms. The Morgan fingerprint density at radius 3 is 1.67 bits per heavy atom. The molecule has 2 unspecified atom stereocenters. The van der Waals surface area contributed by atoms with Crippen molar-refractivity contribution in [3.05, 3.63) is 77.4 Å². The van der Waals surface area contributed by atoms with Crippen LogP contribution in [0.25, 0.3) is 5.57 Å². The van der Waals surface area contributed by atoms with Crippen molar-refractivity contribution in [2.75, 3.05) is 0 Å². The van der Waals surface area contributed by atoms with Crippen molar-refractivity contribution in [2.45, 2.75) is 16.6 Å². The molecule has 0 heterocycles. The van der Waals surface area contributed by atoms with E-state index in [0.717, 1.165) is 0 Å². The molecule has 2 atom stereocenters. The first-order valence-corrected chi connectivity index (χ1v) is 8.59. The van der Waals surface area contributed by atoms with Gasteiger partial charge in [-0.25, -0.2) is 0 Å². The van der Waals surface area contributed by atoms with Crippen molar-refractivity contribution in [3.63, 3.8) is 0 Å². The zero-order valence-corrected chi connectivity index (χ0v) is 13.9. The molecule has 0 amide bonds. The number of benzene rings is 2. The van der Waals surface area contributed by atoms with E-state index in [1.165, 1.54) is 29.5 Å². The molecule has 2 aromatic rings. The second kappa shape index (κ2) is 5.00. The van der Waals surface area contributed by atoms with E-state index in [4.69, 9.17) is 11.6 Å². The van der Waals surface area contributed by atoms with Crippen molar-refractivity contribution >= 4 is 33.1 Å². The number of halogens is 2. The van der Waals surface area contributed by atoms with Gasteiger partial charge in [0.25, 0.3) is 0 Å². The summed E-state index contributed by atoms with van der Waals surface area (Å²) in [6.45, 7) is 0. The Morgan fingerprint density at radius 1 is 0.857 bits per heavy atom. The van der Waals surface area contributed by atoms with Crippen LogP contribution in [0.5, 0.6) is 0 Å². The van der Waals surface area contributed by atoms with Crippen LogP contribution >= 0.6 is 27.5 Å². The standard InChI is InChI=1S/C19H16BrCl/c20-19(21)15-11-12-16(19)18(15)17(13-7-3-1-4-8-13)14-9-5-2-6-10-14/h1-10,15-16H,11-12H2. The minimum absolute atomic E-state index is 0.211. The van der Waals surface area contributed by atoms with Crippen LogP contribution in [0.15, 0.2) is 66.2 Å². The number of hydrogen-bond acceptors (Lipinski definition) is 0. The van der Waals surface area contributed by atoms with Crippen LogP contribution in [0.3, 0.4) is 0 Å². The van der Waals surface area contributed by atoms with Gasteiger partial charge in [0, 0.05) is 11.8 Å². The largest absolute Gasteiger partial charge is 0.112 e. The topological polar surface area (TPSA) is 0 Å². The van der Waals surface area contributed by atoms with E-state index < -0.39 is 0 Å². The van der Waals surface area contributed by atoms with Crippen molar-refractivity contribution in [2.24, 2.45) is 11.8 Å². The molecule has 0 aliphatic heterocycles. The Morgan fingerprint density at radius 2 is 1.29 bits per heavy atom. The summed E-state index contributed by atoms with van der Waals surface area (Å²) in [7, 11) is 0. The summed E-state index contributed by atoms with van der Waals surface area (Å²) in [6, 6.07) is 21.4. The molecule has 3 fully saturated rings. The monoisotopic (exact) mass is 358 g/mol. The van der Waals surface area contributed by atoms with Crippen LogP contribution in [-0.4, -0.2) is 3.78 Å². The van der Waals surface area contributed by atoms with Gasteiger partial charge < -0.3 is 0 Å². The molecule has 3 aliphatic rings. The molecule has 0 aromatic heterocycles. The summed E-state index contributed by atoms with van der Waals surface area (Å²) < 4.78 is -0.211. The molecule has 3 saturated carbocycles. The number of fused-ring (bicyclic) bond motifs is 1. The number of hydrogen-bond donors (Lipinski definition) is 0. The van der Waals surface area contributed by atoms with Gasteiger partial charge in [-0.05, 0) is 29.5 Å². The first-order valence-electron chi connectivity index (χ1n) is 7.42. The molecule has 2 aromatic carbocycles.